The van der Waals surface area contributed by atoms with E-state index in [1.807, 2.05) is 21.1 Å². The fourth-order valence-corrected chi connectivity index (χ4v) is 4.54. The summed E-state index contributed by atoms with van der Waals surface area (Å²) < 4.78 is 0.669. The zero-order valence-corrected chi connectivity index (χ0v) is 32.1. The zero-order valence-electron chi connectivity index (χ0n) is 32.1. The quantitative estimate of drug-likeness (QED) is 0.0170. The van der Waals surface area contributed by atoms with Gasteiger partial charge in [-0.15, -0.1) is 0 Å². The molecule has 21 nitrogen and oxygen atoms in total. The van der Waals surface area contributed by atoms with E-state index >= 15 is 0 Å². The number of nitrogens with zero attached hydrogens (tertiary/aromatic N) is 1. The van der Waals surface area contributed by atoms with Crippen molar-refractivity contribution in [3.63, 3.8) is 0 Å². The monoisotopic (exact) mass is 760 g/mol. The largest absolute Gasteiger partial charge is 0.394 e. The first kappa shape index (κ1) is 48.7. The predicted octanol–water partition coefficient (Wildman–Crippen LogP) is -6.66. The molecule has 0 aliphatic carbocycles. The fraction of sp³-hybridized carbons (Fsp3) is 0.750. The molecule has 304 valence electrons. The zero-order chi connectivity index (χ0) is 40.9. The van der Waals surface area contributed by atoms with Crippen molar-refractivity contribution in [2.45, 2.75) is 108 Å². The molecule has 0 rings (SSSR count). The molecule has 7 atom stereocenters. The van der Waals surface area contributed by atoms with Crippen molar-refractivity contribution in [2.24, 2.45) is 11.5 Å². The van der Waals surface area contributed by atoms with Gasteiger partial charge in [-0.05, 0) is 66.3 Å². The Labute approximate surface area is 311 Å². The van der Waals surface area contributed by atoms with Gasteiger partial charge in [0.15, 0.2) is 6.04 Å². The highest BCUT2D eigenvalue weighted by molar-refractivity contribution is 5.96. The van der Waals surface area contributed by atoms with Gasteiger partial charge >= 0.3 is 0 Å². The maximum Gasteiger partial charge on any atom is 0.278 e. The molecular weight excluding hydrogens is 696 g/mol. The number of aliphatic hydroxyl groups is 1. The van der Waals surface area contributed by atoms with Crippen LogP contribution in [0.4, 0.5) is 0 Å². The van der Waals surface area contributed by atoms with E-state index in [1.165, 1.54) is 20.8 Å². The van der Waals surface area contributed by atoms with Crippen molar-refractivity contribution in [1.82, 2.24) is 42.5 Å². The van der Waals surface area contributed by atoms with E-state index in [-0.39, 0.29) is 12.8 Å². The lowest BCUT2D eigenvalue weighted by atomic mass is 10.0. The number of amides is 7. The third-order valence-electron chi connectivity index (χ3n) is 7.67. The molecule has 53 heavy (non-hydrogen) atoms. The van der Waals surface area contributed by atoms with Crippen LogP contribution in [0.15, 0.2) is 0 Å². The summed E-state index contributed by atoms with van der Waals surface area (Å²) in [7, 11) is 6.03. The molecule has 0 aromatic heterocycles. The summed E-state index contributed by atoms with van der Waals surface area (Å²) in [6.45, 7) is 5.46. The first-order chi connectivity index (χ1) is 24.6. The van der Waals surface area contributed by atoms with E-state index in [9.17, 15) is 43.5 Å². The molecule has 0 saturated carbocycles. The van der Waals surface area contributed by atoms with Gasteiger partial charge in [-0.3, -0.25) is 38.9 Å². The van der Waals surface area contributed by atoms with E-state index in [4.69, 9.17) is 11.5 Å². The highest BCUT2D eigenvalue weighted by atomic mass is 16.3. The minimum atomic E-state index is -1.52. The van der Waals surface area contributed by atoms with Crippen molar-refractivity contribution in [2.75, 3.05) is 47.4 Å². The van der Waals surface area contributed by atoms with Crippen LogP contribution in [0.1, 0.15) is 59.8 Å². The molecule has 0 unspecified atom stereocenters. The van der Waals surface area contributed by atoms with Gasteiger partial charge in [-0.25, -0.2) is 0 Å². The average molecular weight is 761 g/mol. The number of nitrogens with two attached hydrogens (primary N) is 2. The lowest BCUT2D eigenvalue weighted by Crippen LogP contribution is -2.67. The summed E-state index contributed by atoms with van der Waals surface area (Å²) in [4.78, 5) is 100. The number of aldehydes is 1. The van der Waals surface area contributed by atoms with Gasteiger partial charge in [0.05, 0.1) is 46.9 Å². The lowest BCUT2D eigenvalue weighted by molar-refractivity contribution is -0.870. The number of carbonyl (C=O) groups excluding carboxylic acids is 8. The molecule has 0 aromatic rings. The molecule has 0 bridgehead atoms. The Bertz CT molecular complexity index is 1230. The summed E-state index contributed by atoms with van der Waals surface area (Å²) in [5.74, 6) is -4.92. The van der Waals surface area contributed by atoms with Crippen LogP contribution in [0.2, 0.25) is 0 Å². The summed E-state index contributed by atoms with van der Waals surface area (Å²) in [6.07, 6.45) is 1.72. The van der Waals surface area contributed by atoms with Crippen LogP contribution in [-0.4, -0.2) is 153 Å². The molecule has 0 saturated heterocycles. The average Bonchev–Trinajstić information content (AvgIpc) is 3.07. The van der Waals surface area contributed by atoms with Crippen LogP contribution in [0, 0.1) is 0 Å². The third kappa shape index (κ3) is 21.8. The second-order valence-electron chi connectivity index (χ2n) is 14.1. The Morgan fingerprint density at radius 3 is 1.70 bits per heavy atom. The van der Waals surface area contributed by atoms with Gasteiger partial charge in [-0.1, -0.05) is 0 Å². The van der Waals surface area contributed by atoms with Crippen molar-refractivity contribution in [3.8, 4) is 0 Å². The Kier molecular flexibility index (Phi) is 22.9. The minimum absolute atomic E-state index is 0.171. The Morgan fingerprint density at radius 1 is 0.679 bits per heavy atom. The Morgan fingerprint density at radius 2 is 1.19 bits per heavy atom. The molecule has 16 N–H and O–H groups in total. The van der Waals surface area contributed by atoms with Crippen molar-refractivity contribution >= 4 is 47.6 Å². The molecular formula is C32H64N12O9+2. The Balaban J connectivity index is 5.60. The number of hydrogen-bond donors (Lipinski definition) is 12. The third-order valence-corrected chi connectivity index (χ3v) is 7.67. The van der Waals surface area contributed by atoms with Gasteiger partial charge in [0, 0.05) is 0 Å². The van der Waals surface area contributed by atoms with Gasteiger partial charge < -0.3 is 68.8 Å². The van der Waals surface area contributed by atoms with Crippen LogP contribution in [0.25, 0.3) is 0 Å². The van der Waals surface area contributed by atoms with Gasteiger partial charge in [0.1, 0.15) is 42.8 Å². The summed E-state index contributed by atoms with van der Waals surface area (Å²) in [5.41, 5.74) is 14.7. The van der Waals surface area contributed by atoms with Gasteiger partial charge in [-0.2, -0.15) is 0 Å². The SMILES string of the molecule is C[C@H]([NH3+])C(=O)N[C@@H](CCCNC(N)N)C(=O)N[C@@H](CCCC[N+](C)(C)C)C(=O)N[C@@H](CO)C(=O)N[C@@H](C)C(=O)NCC(=O)N[C@@H](C)C(=O)N[C@@H](C)C=O. The molecule has 0 aliphatic rings. The molecule has 0 heterocycles. The van der Waals surface area contributed by atoms with Crippen LogP contribution in [0.3, 0.4) is 0 Å². The van der Waals surface area contributed by atoms with E-state index in [2.05, 4.69) is 48.3 Å². The summed E-state index contributed by atoms with van der Waals surface area (Å²) in [6, 6.07) is -7.35. The number of rotatable bonds is 26. The summed E-state index contributed by atoms with van der Waals surface area (Å²) in [5, 5.41) is 30.0. The number of nitrogens with one attached hydrogen (secondary N) is 8. The molecule has 0 fully saturated rings. The van der Waals surface area contributed by atoms with E-state index in [0.717, 1.165) is 6.54 Å². The molecule has 7 amide bonds. The topological polar surface area (TPSA) is 333 Å². The summed E-state index contributed by atoms with van der Waals surface area (Å²) >= 11 is 0. The highest BCUT2D eigenvalue weighted by Gasteiger charge is 2.31. The van der Waals surface area contributed by atoms with E-state index < -0.39 is 103 Å². The molecule has 0 aliphatic heterocycles. The maximum atomic E-state index is 13.5. The van der Waals surface area contributed by atoms with Gasteiger partial charge in [0.25, 0.3) is 5.91 Å². The normalized spacial score (nSPS) is 15.3. The fourth-order valence-electron chi connectivity index (χ4n) is 4.54. The van der Waals surface area contributed by atoms with Gasteiger partial charge in [0.2, 0.25) is 35.4 Å². The van der Waals surface area contributed by atoms with Crippen LogP contribution in [-0.2, 0) is 38.4 Å². The second kappa shape index (κ2) is 24.9. The number of hydrogen-bond acceptors (Lipinski definition) is 12. The predicted molar refractivity (Wildman–Crippen MR) is 193 cm³/mol. The molecule has 0 spiro atoms. The van der Waals surface area contributed by atoms with Crippen molar-refractivity contribution in [1.29, 1.82) is 0 Å². The maximum absolute atomic E-state index is 13.5. The molecule has 21 heteroatoms. The van der Waals surface area contributed by atoms with Crippen LogP contribution in [0.5, 0.6) is 0 Å². The standard InChI is InChI=1S/C32H62N12O9/c1-18(16-45)38-28(50)21(4)39-25(47)15-37-27(49)20(3)40-31(53)24(17-46)43-30(52)22(11-8-9-14-44(5,6)7)42-29(51)23(41-26(48)19(2)33)12-10-13-36-32(34)35/h16,18-24,32,36,46H,8-15,17,33-35H2,1-7H3,(H6-,37,38,39,40,41,42,43,47,48,49,50,51,52,53)/p+2/t18-,19-,20-,21-,22-,23-,24-/m0/s1. The first-order valence-corrected chi connectivity index (χ1v) is 17.6. The second-order valence-corrected chi connectivity index (χ2v) is 14.1. The van der Waals surface area contributed by atoms with Crippen molar-refractivity contribution in [3.05, 3.63) is 0 Å². The highest BCUT2D eigenvalue weighted by Crippen LogP contribution is 2.07. The van der Waals surface area contributed by atoms with Crippen LogP contribution >= 0.6 is 0 Å². The minimum Gasteiger partial charge on any atom is -0.394 e. The van der Waals surface area contributed by atoms with Crippen LogP contribution < -0.4 is 59.7 Å². The Hall–Kier alpha value is -4.28. The number of unbranched alkanes of at least 4 members (excludes halogenated alkanes) is 1. The van der Waals surface area contributed by atoms with Crippen molar-refractivity contribution < 1.29 is 53.7 Å². The lowest BCUT2D eigenvalue weighted by Gasteiger charge is -2.26. The number of quaternary nitrogens is 2. The van der Waals surface area contributed by atoms with E-state index in [0.29, 0.717) is 36.6 Å². The smallest absolute Gasteiger partial charge is 0.278 e. The first-order valence-electron chi connectivity index (χ1n) is 17.6. The van der Waals surface area contributed by atoms with E-state index in [1.54, 1.807) is 6.92 Å². The number of aliphatic hydroxyl groups excluding tert-OH is 1. The number of carbonyl (C=O) groups is 8. The molecule has 0 radical (unpaired) electrons. The molecule has 0 aromatic carbocycles.